The third-order valence-electron chi connectivity index (χ3n) is 8.50. The third kappa shape index (κ3) is 35.1. The Morgan fingerprint density at radius 1 is 0.467 bits per heavy atom. The standard InChI is InChI=1S/C40H74O5/c1-3-5-7-9-11-13-15-17-19-21-23-25-27-29-31-33-39(42)44-36-38(35-41)37-45-40(43)34-32-30-28-26-24-22-20-18-16-14-12-10-8-6-4-2/h17-20,38,41H,3-16,21-37H2,1-2H3/b19-17-,20-18-. The monoisotopic (exact) mass is 635 g/mol. The van der Waals surface area contributed by atoms with Crippen LogP contribution >= 0.6 is 0 Å². The largest absolute Gasteiger partial charge is 0.465 e. The maximum absolute atomic E-state index is 12.1. The molecule has 5 heteroatoms. The lowest BCUT2D eigenvalue weighted by atomic mass is 10.1. The van der Waals surface area contributed by atoms with Gasteiger partial charge in [0.05, 0.1) is 25.7 Å². The van der Waals surface area contributed by atoms with Crippen molar-refractivity contribution >= 4 is 11.9 Å². The second-order valence-electron chi connectivity index (χ2n) is 13.1. The second kappa shape index (κ2) is 36.8. The lowest BCUT2D eigenvalue weighted by Gasteiger charge is -2.15. The first-order chi connectivity index (χ1) is 22.1. The van der Waals surface area contributed by atoms with E-state index in [-0.39, 0.29) is 37.7 Å². The first-order valence-electron chi connectivity index (χ1n) is 19.4. The van der Waals surface area contributed by atoms with Crippen LogP contribution in [0, 0.1) is 5.92 Å². The molecular formula is C40H74O5. The first-order valence-corrected chi connectivity index (χ1v) is 19.4. The Hall–Kier alpha value is -1.62. The lowest BCUT2D eigenvalue weighted by molar-refractivity contribution is -0.149. The van der Waals surface area contributed by atoms with Gasteiger partial charge in [0.25, 0.3) is 0 Å². The van der Waals surface area contributed by atoms with Gasteiger partial charge in [0, 0.05) is 12.8 Å². The zero-order valence-electron chi connectivity index (χ0n) is 29.9. The lowest BCUT2D eigenvalue weighted by Crippen LogP contribution is -2.23. The van der Waals surface area contributed by atoms with Crippen molar-refractivity contribution in [2.75, 3.05) is 19.8 Å². The highest BCUT2D eigenvalue weighted by molar-refractivity contribution is 5.69. The predicted molar refractivity (Wildman–Crippen MR) is 191 cm³/mol. The van der Waals surface area contributed by atoms with Gasteiger partial charge in [-0.15, -0.1) is 0 Å². The molecule has 0 atom stereocenters. The van der Waals surface area contributed by atoms with Crippen LogP contribution in [0.3, 0.4) is 0 Å². The first kappa shape index (κ1) is 43.4. The molecule has 0 aromatic rings. The van der Waals surface area contributed by atoms with Gasteiger partial charge in [-0.05, 0) is 64.2 Å². The zero-order valence-corrected chi connectivity index (χ0v) is 29.9. The van der Waals surface area contributed by atoms with E-state index in [4.69, 9.17) is 9.47 Å². The zero-order chi connectivity index (χ0) is 32.9. The summed E-state index contributed by atoms with van der Waals surface area (Å²) in [6.07, 6.45) is 42.0. The van der Waals surface area contributed by atoms with E-state index in [1.807, 2.05) is 0 Å². The van der Waals surface area contributed by atoms with E-state index < -0.39 is 0 Å². The maximum atomic E-state index is 12.1. The van der Waals surface area contributed by atoms with Gasteiger partial charge in [-0.25, -0.2) is 0 Å². The minimum atomic E-state index is -0.360. The number of allylic oxidation sites excluding steroid dienone is 4. The van der Waals surface area contributed by atoms with Crippen molar-refractivity contribution in [3.05, 3.63) is 24.3 Å². The summed E-state index contributed by atoms with van der Waals surface area (Å²) in [6, 6.07) is 0. The molecule has 0 aliphatic carbocycles. The van der Waals surface area contributed by atoms with Crippen LogP contribution in [0.4, 0.5) is 0 Å². The van der Waals surface area contributed by atoms with Crippen molar-refractivity contribution in [2.24, 2.45) is 5.92 Å². The van der Waals surface area contributed by atoms with Crippen molar-refractivity contribution in [3.63, 3.8) is 0 Å². The fourth-order valence-electron chi connectivity index (χ4n) is 5.40. The molecule has 0 rings (SSSR count). The number of aliphatic hydroxyl groups is 1. The number of carbonyl (C=O) groups excluding carboxylic acids is 2. The van der Waals surface area contributed by atoms with Crippen molar-refractivity contribution < 1.29 is 24.2 Å². The van der Waals surface area contributed by atoms with Crippen molar-refractivity contribution in [3.8, 4) is 0 Å². The molecule has 0 aromatic heterocycles. The number of hydrogen-bond donors (Lipinski definition) is 1. The molecule has 0 saturated carbocycles. The highest BCUT2D eigenvalue weighted by Gasteiger charge is 2.14. The van der Waals surface area contributed by atoms with Gasteiger partial charge in [0.2, 0.25) is 0 Å². The molecule has 0 fully saturated rings. The molecule has 0 heterocycles. The molecule has 0 aliphatic rings. The van der Waals surface area contributed by atoms with Crippen LogP contribution < -0.4 is 0 Å². The number of hydrogen-bond acceptors (Lipinski definition) is 5. The Labute approximate surface area is 279 Å². The Kier molecular flexibility index (Phi) is 35.5. The van der Waals surface area contributed by atoms with E-state index in [0.29, 0.717) is 12.8 Å². The summed E-state index contributed by atoms with van der Waals surface area (Å²) in [5, 5.41) is 9.59. The number of carbonyl (C=O) groups is 2. The summed E-state index contributed by atoms with van der Waals surface area (Å²) in [5.41, 5.74) is 0. The molecule has 0 spiro atoms. The second-order valence-corrected chi connectivity index (χ2v) is 13.1. The number of esters is 2. The molecule has 0 aliphatic heterocycles. The van der Waals surface area contributed by atoms with E-state index in [9.17, 15) is 14.7 Å². The minimum absolute atomic E-state index is 0.0983. The molecule has 0 radical (unpaired) electrons. The average Bonchev–Trinajstić information content (AvgIpc) is 3.04. The van der Waals surface area contributed by atoms with Crippen LogP contribution in [0.1, 0.15) is 194 Å². The van der Waals surface area contributed by atoms with Crippen LogP contribution in [-0.2, 0) is 19.1 Å². The number of unbranched alkanes of at least 4 members (excludes halogenated alkanes) is 22. The van der Waals surface area contributed by atoms with Gasteiger partial charge < -0.3 is 14.6 Å². The predicted octanol–water partition coefficient (Wildman–Crippen LogP) is 11.8. The average molecular weight is 635 g/mol. The Morgan fingerprint density at radius 3 is 1.07 bits per heavy atom. The van der Waals surface area contributed by atoms with Crippen LogP contribution in [-0.4, -0.2) is 36.9 Å². The molecule has 0 saturated heterocycles. The molecular weight excluding hydrogens is 560 g/mol. The Morgan fingerprint density at radius 2 is 0.756 bits per heavy atom. The molecule has 1 N–H and O–H groups in total. The Balaban J connectivity index is 3.56. The molecule has 5 nitrogen and oxygen atoms in total. The third-order valence-corrected chi connectivity index (χ3v) is 8.50. The van der Waals surface area contributed by atoms with Gasteiger partial charge >= 0.3 is 11.9 Å². The van der Waals surface area contributed by atoms with Crippen molar-refractivity contribution in [2.45, 2.75) is 194 Å². The summed E-state index contributed by atoms with van der Waals surface area (Å²) >= 11 is 0. The summed E-state index contributed by atoms with van der Waals surface area (Å²) < 4.78 is 10.7. The van der Waals surface area contributed by atoms with Gasteiger partial charge in [-0.3, -0.25) is 9.59 Å². The molecule has 0 unspecified atom stereocenters. The van der Waals surface area contributed by atoms with Crippen LogP contribution in [0.5, 0.6) is 0 Å². The van der Waals surface area contributed by atoms with Crippen LogP contribution in [0.15, 0.2) is 24.3 Å². The summed E-state index contributed by atoms with van der Waals surface area (Å²) in [7, 11) is 0. The van der Waals surface area contributed by atoms with Crippen LogP contribution in [0.25, 0.3) is 0 Å². The van der Waals surface area contributed by atoms with Gasteiger partial charge in [0.1, 0.15) is 0 Å². The van der Waals surface area contributed by atoms with Crippen LogP contribution in [0.2, 0.25) is 0 Å². The van der Waals surface area contributed by atoms with E-state index in [0.717, 1.165) is 51.4 Å². The highest BCUT2D eigenvalue weighted by atomic mass is 16.5. The quantitative estimate of drug-likeness (QED) is 0.0426. The van der Waals surface area contributed by atoms with E-state index in [1.54, 1.807) is 0 Å². The number of rotatable bonds is 35. The minimum Gasteiger partial charge on any atom is -0.465 e. The fourth-order valence-corrected chi connectivity index (χ4v) is 5.40. The van der Waals surface area contributed by atoms with Gasteiger partial charge in [-0.2, -0.15) is 0 Å². The van der Waals surface area contributed by atoms with E-state index in [1.165, 1.54) is 116 Å². The SMILES string of the molecule is CCCCCCCC/C=C\CCCCCCCC(=O)OCC(CO)COC(=O)CCCCCCC/C=C\CCCCCCCC. The molecule has 264 valence electrons. The van der Waals surface area contributed by atoms with Gasteiger partial charge in [-0.1, -0.05) is 141 Å². The smallest absolute Gasteiger partial charge is 0.305 e. The number of ether oxygens (including phenoxy) is 2. The van der Waals surface area contributed by atoms with Gasteiger partial charge in [0.15, 0.2) is 0 Å². The summed E-state index contributed by atoms with van der Waals surface area (Å²) in [5.74, 6) is -0.822. The molecule has 0 aromatic carbocycles. The maximum Gasteiger partial charge on any atom is 0.305 e. The summed E-state index contributed by atoms with van der Waals surface area (Å²) in [4.78, 5) is 24.2. The summed E-state index contributed by atoms with van der Waals surface area (Å²) in [6.45, 7) is 4.55. The topological polar surface area (TPSA) is 72.8 Å². The molecule has 45 heavy (non-hydrogen) atoms. The fraction of sp³-hybridized carbons (Fsp3) is 0.850. The van der Waals surface area contributed by atoms with Crippen molar-refractivity contribution in [1.29, 1.82) is 0 Å². The van der Waals surface area contributed by atoms with E-state index >= 15 is 0 Å². The van der Waals surface area contributed by atoms with E-state index in [2.05, 4.69) is 38.2 Å². The molecule has 0 bridgehead atoms. The van der Waals surface area contributed by atoms with Crippen molar-refractivity contribution in [1.82, 2.24) is 0 Å². The Bertz CT molecular complexity index is 630. The number of aliphatic hydroxyl groups excluding tert-OH is 1. The normalized spacial score (nSPS) is 11.7. The molecule has 0 amide bonds. The highest BCUT2D eigenvalue weighted by Crippen LogP contribution is 2.12.